The number of hydrogen-bond acceptors (Lipinski definition) is 9. The van der Waals surface area contributed by atoms with Gasteiger partial charge in [0.1, 0.15) is 0 Å². The van der Waals surface area contributed by atoms with Crippen LogP contribution in [0.2, 0.25) is 0 Å². The van der Waals surface area contributed by atoms with E-state index in [2.05, 4.69) is 86.4 Å². The molecule has 0 aliphatic heterocycles. The fraction of sp³-hybridized carbons (Fsp3) is 0.410. The van der Waals surface area contributed by atoms with E-state index in [9.17, 15) is 0 Å². The zero-order valence-corrected chi connectivity index (χ0v) is 33.5. The number of nitrogens with two attached hydrogens (primary N) is 4. The van der Waals surface area contributed by atoms with Gasteiger partial charge in [0, 0.05) is 55.3 Å². The van der Waals surface area contributed by atoms with Crippen LogP contribution < -0.4 is 22.9 Å². The van der Waals surface area contributed by atoms with Crippen molar-refractivity contribution in [3.05, 3.63) is 115 Å². The highest BCUT2D eigenvalue weighted by Crippen LogP contribution is 2.11. The second-order valence-electron chi connectivity index (χ2n) is 12.3. The molecule has 12 N–H and O–H groups in total. The SMILES string of the molecule is CC(=N)N.CC(=N)N.CC(=N)N.CC(=N)N.CC(C)c1ccccn1.CC(C)c1cccnc1.CC(C)c1ccncc1.CC(C)c1cnccn1. The Balaban J connectivity index is -0.000000261. The van der Waals surface area contributed by atoms with E-state index < -0.39 is 0 Å². The van der Waals surface area contributed by atoms with Crippen molar-refractivity contribution in [1.82, 2.24) is 24.9 Å². The molecule has 0 fully saturated rings. The van der Waals surface area contributed by atoms with E-state index in [0.29, 0.717) is 23.7 Å². The zero-order valence-electron chi connectivity index (χ0n) is 33.5. The molecule has 0 unspecified atom stereocenters. The van der Waals surface area contributed by atoms with E-state index in [1.807, 2.05) is 61.2 Å². The third-order valence-corrected chi connectivity index (χ3v) is 5.18. The lowest BCUT2D eigenvalue weighted by Crippen LogP contribution is -2.00. The smallest absolute Gasteiger partial charge is 0.0873 e. The molecular formula is C39H67N13. The maximum atomic E-state index is 6.28. The highest BCUT2D eigenvalue weighted by molar-refractivity contribution is 5.74. The van der Waals surface area contributed by atoms with Crippen LogP contribution >= 0.6 is 0 Å². The van der Waals surface area contributed by atoms with Crippen LogP contribution in [0, 0.1) is 21.6 Å². The molecule has 4 heterocycles. The molecule has 4 rings (SSSR count). The van der Waals surface area contributed by atoms with Gasteiger partial charge in [-0.1, -0.05) is 67.5 Å². The first-order valence-corrected chi connectivity index (χ1v) is 16.8. The Labute approximate surface area is 313 Å². The standard InChI is InChI=1S/3C8H11N.C7H10N2.4C2H6N2/c1-7(2)8-3-5-9-6-4-8;1-7(2)8-4-3-5-9-6-8;1-7(2)8-5-3-4-6-9-8;1-6(2)7-5-8-3-4-9-7;4*1-2(3)4/h3*3-7H,1-2H3;3-6H,1-2H3;4*1H3,(H3,3,4). The molecule has 13 heteroatoms. The van der Waals surface area contributed by atoms with Crippen LogP contribution in [0.15, 0.2) is 92.0 Å². The summed E-state index contributed by atoms with van der Waals surface area (Å²) in [5.41, 5.74) is 23.7. The van der Waals surface area contributed by atoms with Gasteiger partial charge in [-0.25, -0.2) is 0 Å². The van der Waals surface area contributed by atoms with E-state index in [1.54, 1.807) is 24.8 Å². The number of hydrogen-bond donors (Lipinski definition) is 8. The zero-order chi connectivity index (χ0) is 41.1. The Morgan fingerprint density at radius 3 is 1.08 bits per heavy atom. The minimum absolute atomic E-state index is 0.167. The fourth-order valence-electron chi connectivity index (χ4n) is 2.79. The van der Waals surface area contributed by atoms with Crippen molar-refractivity contribution in [2.45, 2.75) is 107 Å². The molecule has 288 valence electrons. The summed E-state index contributed by atoms with van der Waals surface area (Å²) >= 11 is 0. The minimum atomic E-state index is 0.167. The summed E-state index contributed by atoms with van der Waals surface area (Å²) in [5.74, 6) is 2.91. The van der Waals surface area contributed by atoms with Gasteiger partial charge >= 0.3 is 0 Å². The quantitative estimate of drug-likeness (QED) is 0.0750. The van der Waals surface area contributed by atoms with E-state index in [4.69, 9.17) is 44.6 Å². The predicted molar refractivity (Wildman–Crippen MR) is 221 cm³/mol. The molecule has 0 saturated heterocycles. The Morgan fingerprint density at radius 2 is 0.846 bits per heavy atom. The van der Waals surface area contributed by atoms with Crippen molar-refractivity contribution in [3.8, 4) is 0 Å². The number of pyridine rings is 3. The molecule has 4 aromatic rings. The topological polar surface area (TPSA) is 264 Å². The van der Waals surface area contributed by atoms with Crippen LogP contribution in [0.5, 0.6) is 0 Å². The second-order valence-corrected chi connectivity index (χ2v) is 12.3. The number of nitrogens with zero attached hydrogens (tertiary/aromatic N) is 5. The van der Waals surface area contributed by atoms with Gasteiger partial charge in [0.25, 0.3) is 0 Å². The van der Waals surface area contributed by atoms with Gasteiger partial charge in [-0.2, -0.15) is 0 Å². The minimum Gasteiger partial charge on any atom is -0.388 e. The third kappa shape index (κ3) is 46.5. The summed E-state index contributed by atoms with van der Waals surface area (Å²) in [6, 6.07) is 14.2. The number of aromatic nitrogens is 5. The largest absolute Gasteiger partial charge is 0.388 e. The Hall–Kier alpha value is -5.59. The average Bonchev–Trinajstić information content (AvgIpc) is 3.06. The summed E-state index contributed by atoms with van der Waals surface area (Å²) in [5, 5.41) is 25.1. The average molecular weight is 718 g/mol. The first kappa shape index (κ1) is 53.2. The first-order valence-electron chi connectivity index (χ1n) is 16.8. The van der Waals surface area contributed by atoms with Crippen LogP contribution in [0.25, 0.3) is 0 Å². The van der Waals surface area contributed by atoms with Crippen molar-refractivity contribution in [2.24, 2.45) is 22.9 Å². The number of rotatable bonds is 4. The Morgan fingerprint density at radius 1 is 0.423 bits per heavy atom. The third-order valence-electron chi connectivity index (χ3n) is 5.18. The number of nitrogens with one attached hydrogen (secondary N) is 4. The van der Waals surface area contributed by atoms with Crippen molar-refractivity contribution in [2.75, 3.05) is 0 Å². The monoisotopic (exact) mass is 718 g/mol. The lowest BCUT2D eigenvalue weighted by molar-refractivity contribution is 0.812. The highest BCUT2D eigenvalue weighted by Gasteiger charge is 1.97. The van der Waals surface area contributed by atoms with E-state index in [-0.39, 0.29) is 23.3 Å². The normalized spacial score (nSPS) is 8.92. The maximum Gasteiger partial charge on any atom is 0.0873 e. The van der Waals surface area contributed by atoms with Gasteiger partial charge in [0.2, 0.25) is 0 Å². The molecule has 52 heavy (non-hydrogen) atoms. The van der Waals surface area contributed by atoms with E-state index in [1.165, 1.54) is 38.8 Å². The molecule has 13 nitrogen and oxygen atoms in total. The summed E-state index contributed by atoms with van der Waals surface area (Å²) in [4.78, 5) is 20.2. The molecule has 0 amide bonds. The molecule has 0 aliphatic rings. The van der Waals surface area contributed by atoms with Crippen molar-refractivity contribution in [3.63, 3.8) is 0 Å². The molecule has 0 bridgehead atoms. The first-order chi connectivity index (χ1) is 24.1. The van der Waals surface area contributed by atoms with Gasteiger partial charge in [0.15, 0.2) is 0 Å². The van der Waals surface area contributed by atoms with E-state index in [0.717, 1.165) is 11.4 Å². The van der Waals surface area contributed by atoms with Crippen LogP contribution in [0.3, 0.4) is 0 Å². The Bertz CT molecular complexity index is 1170. The van der Waals surface area contributed by atoms with Crippen LogP contribution in [-0.4, -0.2) is 48.3 Å². The van der Waals surface area contributed by atoms with Crippen molar-refractivity contribution in [1.29, 1.82) is 21.6 Å². The summed E-state index contributed by atoms with van der Waals surface area (Å²) in [7, 11) is 0. The van der Waals surface area contributed by atoms with Gasteiger partial charge < -0.3 is 22.9 Å². The van der Waals surface area contributed by atoms with Gasteiger partial charge in [-0.15, -0.1) is 0 Å². The molecule has 0 aliphatic carbocycles. The summed E-state index contributed by atoms with van der Waals surface area (Å²) in [6.45, 7) is 23.3. The fourth-order valence-corrected chi connectivity index (χ4v) is 2.79. The van der Waals surface area contributed by atoms with Crippen molar-refractivity contribution < 1.29 is 0 Å². The van der Waals surface area contributed by atoms with Crippen molar-refractivity contribution >= 4 is 23.3 Å². The maximum absolute atomic E-state index is 6.28. The number of amidine groups is 4. The molecule has 4 aromatic heterocycles. The lowest BCUT2D eigenvalue weighted by Gasteiger charge is -2.01. The summed E-state index contributed by atoms with van der Waals surface area (Å²) in [6.07, 6.45) is 14.4. The van der Waals surface area contributed by atoms with Gasteiger partial charge in [-0.3, -0.25) is 46.6 Å². The molecule has 0 atom stereocenters. The molecule has 0 aromatic carbocycles. The predicted octanol–water partition coefficient (Wildman–Crippen LogP) is 7.98. The molecule has 0 radical (unpaired) electrons. The van der Waals surface area contributed by atoms with Gasteiger partial charge in [0.05, 0.1) is 29.0 Å². The van der Waals surface area contributed by atoms with Crippen LogP contribution in [0.1, 0.15) is 129 Å². The molecule has 0 spiro atoms. The van der Waals surface area contributed by atoms with Crippen LogP contribution in [0.4, 0.5) is 0 Å². The van der Waals surface area contributed by atoms with Gasteiger partial charge in [-0.05, 0) is 92.8 Å². The lowest BCUT2D eigenvalue weighted by atomic mass is 10.1. The Kier molecular flexibility index (Phi) is 36.1. The molecule has 0 saturated carbocycles. The van der Waals surface area contributed by atoms with Crippen LogP contribution in [-0.2, 0) is 0 Å². The van der Waals surface area contributed by atoms with E-state index >= 15 is 0 Å². The summed E-state index contributed by atoms with van der Waals surface area (Å²) < 4.78 is 0. The second kappa shape index (κ2) is 35.2. The highest BCUT2D eigenvalue weighted by atomic mass is 14.8. The molecular weight excluding hydrogens is 651 g/mol.